The highest BCUT2D eigenvalue weighted by atomic mass is 19.2. The Hall–Kier alpha value is -3.29. The first-order valence-corrected chi connectivity index (χ1v) is 7.60. The summed E-state index contributed by atoms with van der Waals surface area (Å²) < 4.78 is 30.7. The summed E-state index contributed by atoms with van der Waals surface area (Å²) in [5.41, 5.74) is 1.08. The smallest absolute Gasteiger partial charge is 0.338 e. The molecule has 0 spiro atoms. The fourth-order valence-electron chi connectivity index (χ4n) is 1.97. The molecule has 0 aromatic heterocycles. The fraction of sp³-hybridized carbons (Fsp3) is 0.167. The molecule has 0 fully saturated rings. The van der Waals surface area contributed by atoms with Gasteiger partial charge in [0.2, 0.25) is 5.91 Å². The molecule has 0 aliphatic rings. The Balaban J connectivity index is 1.84. The molecule has 26 heavy (non-hydrogen) atoms. The van der Waals surface area contributed by atoms with E-state index in [-0.39, 0.29) is 17.2 Å². The van der Waals surface area contributed by atoms with Gasteiger partial charge >= 0.3 is 5.97 Å². The van der Waals surface area contributed by atoms with Gasteiger partial charge in [-0.1, -0.05) is 12.1 Å². The summed E-state index contributed by atoms with van der Waals surface area (Å²) >= 11 is 0. The topological polar surface area (TPSA) is 84.5 Å². The summed E-state index contributed by atoms with van der Waals surface area (Å²) in [4.78, 5) is 34.4. The normalized spacial score (nSPS) is 10.1. The van der Waals surface area contributed by atoms with Gasteiger partial charge in [-0.15, -0.1) is 0 Å². The summed E-state index contributed by atoms with van der Waals surface area (Å²) in [6.07, 6.45) is 0. The summed E-state index contributed by atoms with van der Waals surface area (Å²) in [5.74, 6) is -3.70. The van der Waals surface area contributed by atoms with Crippen LogP contribution in [-0.4, -0.2) is 24.4 Å². The summed E-state index contributed by atoms with van der Waals surface area (Å²) in [7, 11) is 0. The third-order valence-electron chi connectivity index (χ3n) is 3.27. The van der Waals surface area contributed by atoms with E-state index in [0.29, 0.717) is 6.54 Å². The van der Waals surface area contributed by atoms with E-state index in [1.807, 2.05) is 0 Å². The quantitative estimate of drug-likeness (QED) is 0.773. The van der Waals surface area contributed by atoms with Gasteiger partial charge < -0.3 is 15.4 Å². The number of carbonyl (C=O) groups is 3. The minimum atomic E-state index is -1.10. The van der Waals surface area contributed by atoms with E-state index < -0.39 is 30.1 Å². The molecule has 0 aliphatic heterocycles. The molecule has 0 radical (unpaired) electrons. The third-order valence-corrected chi connectivity index (χ3v) is 3.27. The Bertz CT molecular complexity index is 822. The first kappa shape index (κ1) is 19.0. The number of halogens is 2. The Morgan fingerprint density at radius 1 is 1.00 bits per heavy atom. The fourth-order valence-corrected chi connectivity index (χ4v) is 1.97. The van der Waals surface area contributed by atoms with Crippen LogP contribution in [0.5, 0.6) is 0 Å². The van der Waals surface area contributed by atoms with Gasteiger partial charge in [-0.3, -0.25) is 9.59 Å². The van der Waals surface area contributed by atoms with Crippen molar-refractivity contribution >= 4 is 23.5 Å². The first-order chi connectivity index (χ1) is 12.3. The molecule has 2 N–H and O–H groups in total. The summed E-state index contributed by atoms with van der Waals surface area (Å²) in [6.45, 7) is 1.16. The molecule has 0 heterocycles. The number of amides is 2. The zero-order chi connectivity index (χ0) is 19.1. The van der Waals surface area contributed by atoms with Crippen LogP contribution < -0.4 is 10.6 Å². The van der Waals surface area contributed by atoms with Crippen LogP contribution in [0, 0.1) is 11.6 Å². The maximum Gasteiger partial charge on any atom is 0.338 e. The third kappa shape index (κ3) is 5.66. The van der Waals surface area contributed by atoms with Crippen LogP contribution in [0.1, 0.15) is 22.8 Å². The zero-order valence-corrected chi connectivity index (χ0v) is 13.8. The van der Waals surface area contributed by atoms with E-state index in [0.717, 1.165) is 17.7 Å². The monoisotopic (exact) mass is 362 g/mol. The lowest BCUT2D eigenvalue weighted by atomic mass is 10.1. The standard InChI is InChI=1S/C18H16F2N2O4/c1-11(23)21-9-12-2-4-13(5-3-12)18(25)26-10-17(24)22-14-6-7-15(19)16(20)8-14/h2-8H,9-10H2,1H3,(H,21,23)(H,22,24). The zero-order valence-electron chi connectivity index (χ0n) is 13.8. The molecule has 2 amide bonds. The molecule has 0 saturated heterocycles. The molecular formula is C18H16F2N2O4. The first-order valence-electron chi connectivity index (χ1n) is 7.60. The number of benzene rings is 2. The number of carbonyl (C=O) groups excluding carboxylic acids is 3. The van der Waals surface area contributed by atoms with Crippen molar-refractivity contribution in [3.05, 3.63) is 65.2 Å². The van der Waals surface area contributed by atoms with Gasteiger partial charge in [-0.25, -0.2) is 13.6 Å². The average molecular weight is 362 g/mol. The van der Waals surface area contributed by atoms with E-state index in [9.17, 15) is 23.2 Å². The number of nitrogens with one attached hydrogen (secondary N) is 2. The van der Waals surface area contributed by atoms with Crippen molar-refractivity contribution in [1.82, 2.24) is 5.32 Å². The Labute approximate surface area is 148 Å². The molecule has 0 unspecified atom stereocenters. The van der Waals surface area contributed by atoms with Gasteiger partial charge in [-0.05, 0) is 29.8 Å². The molecule has 2 aromatic rings. The number of rotatable bonds is 6. The molecule has 0 atom stereocenters. The molecule has 0 bridgehead atoms. The van der Waals surface area contributed by atoms with E-state index in [1.165, 1.54) is 25.1 Å². The SMILES string of the molecule is CC(=O)NCc1ccc(C(=O)OCC(=O)Nc2ccc(F)c(F)c2)cc1. The van der Waals surface area contributed by atoms with Crippen LogP contribution in [0.4, 0.5) is 14.5 Å². The van der Waals surface area contributed by atoms with Crippen LogP contribution in [0.2, 0.25) is 0 Å². The average Bonchev–Trinajstić information content (AvgIpc) is 2.61. The predicted octanol–water partition coefficient (Wildman–Crippen LogP) is 2.40. The summed E-state index contributed by atoms with van der Waals surface area (Å²) in [6, 6.07) is 9.19. The molecule has 8 heteroatoms. The lowest BCUT2D eigenvalue weighted by Crippen LogP contribution is -2.21. The molecule has 2 aromatic carbocycles. The Kier molecular flexibility index (Phi) is 6.37. The highest BCUT2D eigenvalue weighted by molar-refractivity contribution is 5.95. The highest BCUT2D eigenvalue weighted by Crippen LogP contribution is 2.13. The number of hydrogen-bond acceptors (Lipinski definition) is 4. The maximum absolute atomic E-state index is 13.1. The van der Waals surface area contributed by atoms with Crippen molar-refractivity contribution in [2.24, 2.45) is 0 Å². The van der Waals surface area contributed by atoms with Crippen LogP contribution in [0.3, 0.4) is 0 Å². The number of hydrogen-bond donors (Lipinski definition) is 2. The van der Waals surface area contributed by atoms with Crippen LogP contribution in [-0.2, 0) is 20.9 Å². The van der Waals surface area contributed by atoms with Gasteiger partial charge in [0.25, 0.3) is 5.91 Å². The van der Waals surface area contributed by atoms with Crippen LogP contribution in [0.25, 0.3) is 0 Å². The van der Waals surface area contributed by atoms with E-state index in [2.05, 4.69) is 10.6 Å². The molecule has 0 aliphatic carbocycles. The second-order valence-corrected chi connectivity index (χ2v) is 5.36. The molecular weight excluding hydrogens is 346 g/mol. The largest absolute Gasteiger partial charge is 0.452 e. The highest BCUT2D eigenvalue weighted by Gasteiger charge is 2.11. The van der Waals surface area contributed by atoms with Gasteiger partial charge in [-0.2, -0.15) is 0 Å². The van der Waals surface area contributed by atoms with Crippen LogP contribution >= 0.6 is 0 Å². The summed E-state index contributed by atoms with van der Waals surface area (Å²) in [5, 5.41) is 4.91. The minimum Gasteiger partial charge on any atom is -0.452 e. The van der Waals surface area contributed by atoms with E-state index in [4.69, 9.17) is 4.74 Å². The number of esters is 1. The van der Waals surface area contributed by atoms with Crippen molar-refractivity contribution in [2.75, 3.05) is 11.9 Å². The van der Waals surface area contributed by atoms with Gasteiger partial charge in [0.15, 0.2) is 18.2 Å². The predicted molar refractivity (Wildman–Crippen MR) is 89.2 cm³/mol. The Morgan fingerprint density at radius 3 is 2.31 bits per heavy atom. The second kappa shape index (κ2) is 8.70. The number of ether oxygens (including phenoxy) is 1. The van der Waals surface area contributed by atoms with Crippen molar-refractivity contribution in [2.45, 2.75) is 13.5 Å². The lowest BCUT2D eigenvalue weighted by molar-refractivity contribution is -0.119. The van der Waals surface area contributed by atoms with Gasteiger partial charge in [0, 0.05) is 25.2 Å². The van der Waals surface area contributed by atoms with Crippen molar-refractivity contribution < 1.29 is 27.9 Å². The molecule has 0 saturated carbocycles. The van der Waals surface area contributed by atoms with Crippen molar-refractivity contribution in [1.29, 1.82) is 0 Å². The Morgan fingerprint density at radius 2 is 1.69 bits per heavy atom. The minimum absolute atomic E-state index is 0.0484. The molecule has 136 valence electrons. The van der Waals surface area contributed by atoms with Crippen molar-refractivity contribution in [3.63, 3.8) is 0 Å². The van der Waals surface area contributed by atoms with Gasteiger partial charge in [0.05, 0.1) is 5.56 Å². The lowest BCUT2D eigenvalue weighted by Gasteiger charge is -2.08. The maximum atomic E-state index is 13.1. The second-order valence-electron chi connectivity index (χ2n) is 5.36. The van der Waals surface area contributed by atoms with Crippen LogP contribution in [0.15, 0.2) is 42.5 Å². The van der Waals surface area contributed by atoms with Crippen molar-refractivity contribution in [3.8, 4) is 0 Å². The van der Waals surface area contributed by atoms with E-state index >= 15 is 0 Å². The molecule has 2 rings (SSSR count). The molecule has 6 nitrogen and oxygen atoms in total. The van der Waals surface area contributed by atoms with E-state index in [1.54, 1.807) is 12.1 Å². The number of anilines is 1. The van der Waals surface area contributed by atoms with Gasteiger partial charge in [0.1, 0.15) is 0 Å².